The predicted octanol–water partition coefficient (Wildman–Crippen LogP) is 2.31. The summed E-state index contributed by atoms with van der Waals surface area (Å²) >= 11 is 0. The number of aliphatic hydroxyl groups excluding tert-OH is 1. The normalized spacial score (nSPS) is 20.1. The smallest absolute Gasteiger partial charge is 0.160 e. The lowest BCUT2D eigenvalue weighted by atomic mass is 9.97. The first-order valence-corrected chi connectivity index (χ1v) is 9.11. The average Bonchev–Trinajstić information content (AvgIpc) is 3.06. The van der Waals surface area contributed by atoms with Gasteiger partial charge in [0, 0.05) is 18.0 Å². The van der Waals surface area contributed by atoms with Crippen molar-refractivity contribution >= 4 is 16.9 Å². The molecule has 1 aromatic carbocycles. The van der Waals surface area contributed by atoms with E-state index in [4.69, 9.17) is 0 Å². The molecule has 1 aliphatic rings. The van der Waals surface area contributed by atoms with Gasteiger partial charge in [-0.3, -0.25) is 4.79 Å². The quantitative estimate of drug-likeness (QED) is 0.722. The minimum Gasteiger partial charge on any atom is -0.391 e. The second-order valence-corrected chi connectivity index (χ2v) is 6.93. The Hall–Kier alpha value is -2.64. The van der Waals surface area contributed by atoms with Crippen molar-refractivity contribution in [2.45, 2.75) is 38.0 Å². The highest BCUT2D eigenvalue weighted by atomic mass is 19.1. The van der Waals surface area contributed by atoms with Crippen molar-refractivity contribution < 1.29 is 14.3 Å². The van der Waals surface area contributed by atoms with E-state index in [1.54, 1.807) is 23.0 Å². The van der Waals surface area contributed by atoms with Crippen molar-refractivity contribution in [3.05, 3.63) is 48.5 Å². The van der Waals surface area contributed by atoms with Crippen LogP contribution >= 0.6 is 0 Å². The number of rotatable bonds is 5. The lowest BCUT2D eigenvalue weighted by molar-refractivity contribution is -0.121. The molecule has 0 spiro atoms. The fraction of sp³-hybridized carbons (Fsp3) is 0.350. The number of nitrogens with zero attached hydrogens (tertiary/aromatic N) is 3. The number of imidazole rings is 1. The number of carbonyl (C=O) groups excluding carboxylic acids is 1. The minimum atomic E-state index is -0.481. The van der Waals surface area contributed by atoms with E-state index in [1.807, 2.05) is 12.1 Å². The van der Waals surface area contributed by atoms with Gasteiger partial charge >= 0.3 is 0 Å². The third-order valence-electron chi connectivity index (χ3n) is 4.94. The van der Waals surface area contributed by atoms with Crippen molar-refractivity contribution in [1.29, 1.82) is 0 Å². The number of aliphatic hydroxyl groups is 1. The molecule has 0 radical (unpaired) electrons. The molecule has 1 fully saturated rings. The van der Waals surface area contributed by atoms with Crippen LogP contribution in [-0.2, 0) is 11.3 Å². The van der Waals surface area contributed by atoms with E-state index in [0.29, 0.717) is 16.9 Å². The largest absolute Gasteiger partial charge is 0.391 e. The summed E-state index contributed by atoms with van der Waals surface area (Å²) in [5.41, 5.74) is 2.81. The standard InChI is InChI=1S/C20H21FN4O2/c21-14-5-3-13(4-6-14)16-7-8-17-20(24-16)25(12-23-17)11-15(26)10-18-19(27)2-1-9-22-18/h3-8,12,18-19,22,27H,1-2,9-11H2/t18-,19+/m1/s1. The van der Waals surface area contributed by atoms with Crippen LogP contribution in [0.5, 0.6) is 0 Å². The van der Waals surface area contributed by atoms with E-state index in [1.165, 1.54) is 12.1 Å². The minimum absolute atomic E-state index is 0.0155. The molecule has 1 aliphatic heterocycles. The number of Topliss-reactive ketones (excluding diaryl/α,β-unsaturated/α-hetero) is 1. The summed E-state index contributed by atoms with van der Waals surface area (Å²) in [6.45, 7) is 0.979. The Labute approximate surface area is 156 Å². The number of halogens is 1. The average molecular weight is 368 g/mol. The lowest BCUT2D eigenvalue weighted by Crippen LogP contribution is -2.46. The highest BCUT2D eigenvalue weighted by Crippen LogP contribution is 2.21. The number of fused-ring (bicyclic) bond motifs is 1. The molecule has 2 atom stereocenters. The van der Waals surface area contributed by atoms with Gasteiger partial charge in [-0.25, -0.2) is 14.4 Å². The fourth-order valence-corrected chi connectivity index (χ4v) is 3.48. The molecule has 3 heterocycles. The number of benzene rings is 1. The number of aromatic nitrogens is 3. The number of ketones is 1. The Morgan fingerprint density at radius 3 is 2.85 bits per heavy atom. The summed E-state index contributed by atoms with van der Waals surface area (Å²) < 4.78 is 14.9. The van der Waals surface area contributed by atoms with Crippen molar-refractivity contribution in [2.24, 2.45) is 0 Å². The van der Waals surface area contributed by atoms with E-state index < -0.39 is 6.10 Å². The lowest BCUT2D eigenvalue weighted by Gasteiger charge is -2.28. The SMILES string of the molecule is O=C(C[C@H]1NCCC[C@@H]1O)Cn1cnc2ccc(-c3ccc(F)cc3)nc21. The van der Waals surface area contributed by atoms with E-state index in [2.05, 4.69) is 15.3 Å². The number of hydrogen-bond donors (Lipinski definition) is 2. The third-order valence-corrected chi connectivity index (χ3v) is 4.94. The van der Waals surface area contributed by atoms with Crippen molar-refractivity contribution in [3.8, 4) is 11.3 Å². The van der Waals surface area contributed by atoms with Gasteiger partial charge in [0.2, 0.25) is 0 Å². The first kappa shape index (κ1) is 17.8. The molecule has 2 N–H and O–H groups in total. The first-order chi connectivity index (χ1) is 13.1. The molecule has 6 nitrogen and oxygen atoms in total. The fourth-order valence-electron chi connectivity index (χ4n) is 3.48. The first-order valence-electron chi connectivity index (χ1n) is 9.11. The summed E-state index contributed by atoms with van der Waals surface area (Å²) in [6.07, 6.45) is 3.05. The highest BCUT2D eigenvalue weighted by molar-refractivity contribution is 5.82. The van der Waals surface area contributed by atoms with Crippen molar-refractivity contribution in [2.75, 3.05) is 6.54 Å². The van der Waals surface area contributed by atoms with E-state index in [-0.39, 0.29) is 30.6 Å². The van der Waals surface area contributed by atoms with Gasteiger partial charge in [0.1, 0.15) is 11.3 Å². The molecule has 140 valence electrons. The van der Waals surface area contributed by atoms with E-state index in [0.717, 1.165) is 24.9 Å². The van der Waals surface area contributed by atoms with Gasteiger partial charge in [-0.05, 0) is 55.8 Å². The predicted molar refractivity (Wildman–Crippen MR) is 99.6 cm³/mol. The molecule has 27 heavy (non-hydrogen) atoms. The van der Waals surface area contributed by atoms with Crippen molar-refractivity contribution in [3.63, 3.8) is 0 Å². The zero-order chi connectivity index (χ0) is 18.8. The maximum absolute atomic E-state index is 13.1. The van der Waals surface area contributed by atoms with Gasteiger partial charge in [-0.15, -0.1) is 0 Å². The molecule has 3 aromatic rings. The van der Waals surface area contributed by atoms with Gasteiger partial charge in [-0.2, -0.15) is 0 Å². The number of hydrogen-bond acceptors (Lipinski definition) is 5. The van der Waals surface area contributed by atoms with E-state index >= 15 is 0 Å². The van der Waals surface area contributed by atoms with Crippen LogP contribution in [0.3, 0.4) is 0 Å². The Morgan fingerprint density at radius 1 is 1.26 bits per heavy atom. The maximum Gasteiger partial charge on any atom is 0.160 e. The van der Waals surface area contributed by atoms with Crippen LogP contribution in [0.1, 0.15) is 19.3 Å². The summed E-state index contributed by atoms with van der Waals surface area (Å²) in [7, 11) is 0. The molecule has 0 unspecified atom stereocenters. The molecular weight excluding hydrogens is 347 g/mol. The van der Waals surface area contributed by atoms with Gasteiger partial charge in [-0.1, -0.05) is 0 Å². The second kappa shape index (κ2) is 7.54. The van der Waals surface area contributed by atoms with E-state index in [9.17, 15) is 14.3 Å². The van der Waals surface area contributed by atoms with Gasteiger partial charge in [0.25, 0.3) is 0 Å². The van der Waals surface area contributed by atoms with Crippen LogP contribution in [0.4, 0.5) is 4.39 Å². The zero-order valence-corrected chi connectivity index (χ0v) is 14.8. The Kier molecular flexibility index (Phi) is 4.96. The molecule has 0 saturated carbocycles. The van der Waals surface area contributed by atoms with Crippen LogP contribution in [0.15, 0.2) is 42.7 Å². The molecule has 0 aliphatic carbocycles. The van der Waals surface area contributed by atoms with Crippen molar-refractivity contribution in [1.82, 2.24) is 19.9 Å². The number of pyridine rings is 1. The van der Waals surface area contributed by atoms with Crippen LogP contribution < -0.4 is 5.32 Å². The molecule has 2 aromatic heterocycles. The molecule has 1 saturated heterocycles. The topological polar surface area (TPSA) is 80.0 Å². The Morgan fingerprint density at radius 2 is 2.07 bits per heavy atom. The monoisotopic (exact) mass is 368 g/mol. The molecular formula is C20H21FN4O2. The Bertz CT molecular complexity index is 954. The number of piperidine rings is 1. The molecule has 7 heteroatoms. The van der Waals surface area contributed by atoms with Crippen LogP contribution in [0.25, 0.3) is 22.4 Å². The highest BCUT2D eigenvalue weighted by Gasteiger charge is 2.25. The van der Waals surface area contributed by atoms with Crippen LogP contribution in [0, 0.1) is 5.82 Å². The molecule has 4 rings (SSSR count). The van der Waals surface area contributed by atoms with Gasteiger partial charge in [0.05, 0.1) is 24.7 Å². The third kappa shape index (κ3) is 3.89. The summed E-state index contributed by atoms with van der Waals surface area (Å²) in [4.78, 5) is 21.4. The number of carbonyl (C=O) groups is 1. The zero-order valence-electron chi connectivity index (χ0n) is 14.8. The second-order valence-electron chi connectivity index (χ2n) is 6.93. The Balaban J connectivity index is 1.54. The summed E-state index contributed by atoms with van der Waals surface area (Å²) in [5, 5.41) is 13.2. The maximum atomic E-state index is 13.1. The summed E-state index contributed by atoms with van der Waals surface area (Å²) in [5.74, 6) is -0.282. The van der Waals surface area contributed by atoms with Gasteiger partial charge in [0.15, 0.2) is 11.4 Å². The summed E-state index contributed by atoms with van der Waals surface area (Å²) in [6, 6.07) is 9.61. The molecule has 0 amide bonds. The van der Waals surface area contributed by atoms with Gasteiger partial charge < -0.3 is 15.0 Å². The van der Waals surface area contributed by atoms with Crippen LogP contribution in [0.2, 0.25) is 0 Å². The number of nitrogens with one attached hydrogen (secondary N) is 1. The van der Waals surface area contributed by atoms with Crippen LogP contribution in [-0.4, -0.2) is 44.1 Å². The molecule has 0 bridgehead atoms.